The Bertz CT molecular complexity index is 77.4. The molecule has 4 heteroatoms. The molecule has 0 fully saturated rings. The van der Waals surface area contributed by atoms with E-state index in [4.69, 9.17) is 0 Å². The Balaban J connectivity index is 3.03. The minimum Gasteiger partial charge on any atom is -0.265 e. The topological polar surface area (TPSA) is 3.24 Å². The quantitative estimate of drug-likeness (QED) is 0.612. The molecule has 0 aliphatic rings. The Hall–Kier alpha value is 1.25. The van der Waals surface area contributed by atoms with Gasteiger partial charge in [0.15, 0.2) is 0 Å². The monoisotopic (exact) mass is 197 g/mol. The molecule has 3 unspecified atom stereocenters. The van der Waals surface area contributed by atoms with Crippen LogP contribution in [0.15, 0.2) is 0 Å². The maximum Gasteiger partial charge on any atom is 0.00569 e. The predicted molar refractivity (Wildman–Crippen MR) is 58.5 cm³/mol. The summed E-state index contributed by atoms with van der Waals surface area (Å²) in [6.07, 6.45) is 2.67. The van der Waals surface area contributed by atoms with Gasteiger partial charge in [0, 0.05) is 6.54 Å². The first-order valence-corrected chi connectivity index (χ1v) is 6.92. The zero-order chi connectivity index (χ0) is 7.98. The molecule has 0 aromatic heterocycles. The van der Waals surface area contributed by atoms with Gasteiger partial charge < -0.3 is 0 Å². The summed E-state index contributed by atoms with van der Waals surface area (Å²) in [6.45, 7) is 5.76. The van der Waals surface area contributed by atoms with Gasteiger partial charge in [-0.25, -0.2) is 0 Å². The summed E-state index contributed by atoms with van der Waals surface area (Å²) in [6, 6.07) is 0. The Morgan fingerprint density at radius 2 is 2.10 bits per heavy atom. The molecule has 0 aliphatic carbocycles. The fraction of sp³-hybridized carbons (Fsp3) is 1.00. The lowest BCUT2D eigenvalue weighted by atomic mass is 10.1. The lowest BCUT2D eigenvalue weighted by molar-refractivity contribution is 0.526. The Kier molecular flexibility index (Phi) is 7.80. The van der Waals surface area contributed by atoms with Crippen LogP contribution in [0.5, 0.6) is 0 Å². The average molecular weight is 197 g/mol. The Morgan fingerprint density at radius 1 is 1.50 bits per heavy atom. The highest BCUT2D eigenvalue weighted by atomic mass is 32.0. The molecule has 0 rings (SSSR count). The van der Waals surface area contributed by atoms with Gasteiger partial charge in [-0.15, -0.1) is 0 Å². The van der Waals surface area contributed by atoms with E-state index in [2.05, 4.69) is 36.6 Å². The van der Waals surface area contributed by atoms with E-state index < -0.39 is 0 Å². The van der Waals surface area contributed by atoms with E-state index in [1.165, 1.54) is 19.4 Å². The fourth-order valence-electron chi connectivity index (χ4n) is 0.734. The molecule has 0 saturated carbocycles. The van der Waals surface area contributed by atoms with Gasteiger partial charge in [-0.3, -0.25) is 4.44 Å². The first kappa shape index (κ1) is 11.2. The standard InChI is InChI=1S/C6H18NP3/c1-6(2)4-3-5-7(8)10-9/h6,10H,3-5,8-9H2,1-2H3. The van der Waals surface area contributed by atoms with E-state index in [9.17, 15) is 0 Å². The van der Waals surface area contributed by atoms with Crippen LogP contribution >= 0.6 is 26.7 Å². The molecular formula is C6H18NP3. The van der Waals surface area contributed by atoms with Crippen LogP contribution in [0.4, 0.5) is 0 Å². The van der Waals surface area contributed by atoms with Crippen LogP contribution in [-0.2, 0) is 0 Å². The minimum absolute atomic E-state index is 0.848. The van der Waals surface area contributed by atoms with Crippen molar-refractivity contribution < 1.29 is 0 Å². The molecule has 0 aromatic rings. The molecule has 3 atom stereocenters. The second-order valence-electron chi connectivity index (χ2n) is 2.86. The zero-order valence-electron chi connectivity index (χ0n) is 6.80. The molecule has 0 aliphatic heterocycles. The zero-order valence-corrected chi connectivity index (χ0v) is 10.1. The summed E-state index contributed by atoms with van der Waals surface area (Å²) in [4.78, 5) is 0. The molecule has 10 heavy (non-hydrogen) atoms. The van der Waals surface area contributed by atoms with Gasteiger partial charge in [0.05, 0.1) is 0 Å². The smallest absolute Gasteiger partial charge is 0.00569 e. The van der Waals surface area contributed by atoms with Crippen molar-refractivity contribution >= 4 is 26.7 Å². The van der Waals surface area contributed by atoms with Crippen molar-refractivity contribution in [3.8, 4) is 0 Å². The van der Waals surface area contributed by atoms with Gasteiger partial charge in [0.25, 0.3) is 0 Å². The number of rotatable bonds is 5. The molecular weight excluding hydrogens is 179 g/mol. The summed E-state index contributed by atoms with van der Waals surface area (Å²) in [7, 11) is 6.33. The molecule has 0 spiro atoms. The lowest BCUT2D eigenvalue weighted by Gasteiger charge is -2.13. The normalized spacial score (nSPS) is 12.6. The number of nitrogens with zero attached hydrogens (tertiary/aromatic N) is 1. The van der Waals surface area contributed by atoms with E-state index in [0.717, 1.165) is 14.3 Å². The van der Waals surface area contributed by atoms with Crippen molar-refractivity contribution in [3.05, 3.63) is 0 Å². The Morgan fingerprint density at radius 3 is 2.50 bits per heavy atom. The number of hydrogen-bond acceptors (Lipinski definition) is 1. The largest absolute Gasteiger partial charge is 0.265 e. The average Bonchev–Trinajstić information content (AvgIpc) is 1.87. The molecule has 62 valence electrons. The molecule has 0 amide bonds. The first-order valence-electron chi connectivity index (χ1n) is 3.65. The third-order valence-corrected chi connectivity index (χ3v) is 4.50. The van der Waals surface area contributed by atoms with Crippen molar-refractivity contribution in [2.24, 2.45) is 5.92 Å². The molecule has 0 radical (unpaired) electrons. The van der Waals surface area contributed by atoms with Crippen molar-refractivity contribution in [3.63, 3.8) is 0 Å². The van der Waals surface area contributed by atoms with Crippen LogP contribution in [0.25, 0.3) is 0 Å². The van der Waals surface area contributed by atoms with Gasteiger partial charge in [-0.1, -0.05) is 32.2 Å². The first-order chi connectivity index (χ1) is 4.66. The highest BCUT2D eigenvalue weighted by Gasteiger charge is 1.96. The second kappa shape index (κ2) is 6.93. The van der Waals surface area contributed by atoms with Gasteiger partial charge in [0.2, 0.25) is 0 Å². The third-order valence-electron chi connectivity index (χ3n) is 1.35. The van der Waals surface area contributed by atoms with Gasteiger partial charge >= 0.3 is 0 Å². The third kappa shape index (κ3) is 7.36. The molecule has 0 aromatic carbocycles. The van der Waals surface area contributed by atoms with E-state index >= 15 is 0 Å². The predicted octanol–water partition coefficient (Wildman–Crippen LogP) is 2.90. The van der Waals surface area contributed by atoms with Crippen LogP contribution < -0.4 is 0 Å². The van der Waals surface area contributed by atoms with E-state index in [1.54, 1.807) is 0 Å². The maximum absolute atomic E-state index is 2.75. The van der Waals surface area contributed by atoms with Crippen LogP contribution in [0, 0.1) is 5.92 Å². The Labute approximate surface area is 70.9 Å². The van der Waals surface area contributed by atoms with Gasteiger partial charge in [0.1, 0.15) is 0 Å². The summed E-state index contributed by atoms with van der Waals surface area (Å²) in [5.74, 6) is 0.853. The van der Waals surface area contributed by atoms with Crippen molar-refractivity contribution in [2.75, 3.05) is 6.54 Å². The summed E-state index contributed by atoms with van der Waals surface area (Å²) < 4.78 is 2.27. The highest BCUT2D eigenvalue weighted by Crippen LogP contribution is 2.30. The van der Waals surface area contributed by atoms with Crippen molar-refractivity contribution in [1.82, 2.24) is 4.44 Å². The minimum atomic E-state index is 0.848. The summed E-state index contributed by atoms with van der Waals surface area (Å²) in [5.41, 5.74) is 0. The van der Waals surface area contributed by atoms with Crippen LogP contribution in [0.3, 0.4) is 0 Å². The highest BCUT2D eigenvalue weighted by molar-refractivity contribution is 8.02. The fourth-order valence-corrected chi connectivity index (χ4v) is 1.59. The van der Waals surface area contributed by atoms with Crippen LogP contribution in [0.2, 0.25) is 0 Å². The number of hydrogen-bond donors (Lipinski definition) is 0. The van der Waals surface area contributed by atoms with Crippen molar-refractivity contribution in [1.29, 1.82) is 0 Å². The molecule has 0 N–H and O–H groups in total. The van der Waals surface area contributed by atoms with Crippen LogP contribution in [0.1, 0.15) is 26.7 Å². The SMILES string of the molecule is CC(C)CCCN(P)PP. The maximum atomic E-state index is 2.75. The van der Waals surface area contributed by atoms with E-state index in [0.29, 0.717) is 0 Å². The summed E-state index contributed by atoms with van der Waals surface area (Å²) in [5, 5.41) is 0. The lowest BCUT2D eigenvalue weighted by Crippen LogP contribution is -2.01. The van der Waals surface area contributed by atoms with Gasteiger partial charge in [-0.05, 0) is 27.2 Å². The van der Waals surface area contributed by atoms with Crippen molar-refractivity contribution in [2.45, 2.75) is 26.7 Å². The second-order valence-corrected chi connectivity index (χ2v) is 5.61. The van der Waals surface area contributed by atoms with E-state index in [-0.39, 0.29) is 0 Å². The molecule has 1 nitrogen and oxygen atoms in total. The molecule has 0 bridgehead atoms. The van der Waals surface area contributed by atoms with Gasteiger partial charge in [-0.2, -0.15) is 0 Å². The summed E-state index contributed by atoms with van der Waals surface area (Å²) >= 11 is 0. The van der Waals surface area contributed by atoms with Crippen LogP contribution in [-0.4, -0.2) is 11.0 Å². The molecule has 0 saturated heterocycles. The van der Waals surface area contributed by atoms with E-state index in [1.807, 2.05) is 0 Å². The molecule has 0 heterocycles.